The van der Waals surface area contributed by atoms with Crippen LogP contribution < -0.4 is 13.6 Å². The van der Waals surface area contributed by atoms with Gasteiger partial charge in [0.1, 0.15) is 17.2 Å². The van der Waals surface area contributed by atoms with Crippen molar-refractivity contribution in [1.82, 2.24) is 0 Å². The molecule has 0 saturated heterocycles. The second kappa shape index (κ2) is 17.7. The molecule has 0 heterocycles. The minimum absolute atomic E-state index is 0.122. The number of carbonyl (C=O) groups is 1. The predicted molar refractivity (Wildman–Crippen MR) is 144 cm³/mol. The van der Waals surface area contributed by atoms with E-state index in [1.165, 1.54) is 63.5 Å². The maximum atomic E-state index is 12.4. The summed E-state index contributed by atoms with van der Waals surface area (Å²) < 4.78 is 31.4. The van der Waals surface area contributed by atoms with E-state index in [0.29, 0.717) is 30.2 Å². The van der Waals surface area contributed by atoms with Crippen LogP contribution in [-0.4, -0.2) is 28.0 Å². The molecule has 8 heteroatoms. The highest BCUT2D eigenvalue weighted by molar-refractivity contribution is 7.81. The summed E-state index contributed by atoms with van der Waals surface area (Å²) in [5.41, 5.74) is 0.551. The van der Waals surface area contributed by atoms with Gasteiger partial charge in [-0.3, -0.25) is 4.72 Å². The molecule has 2 aromatic carbocycles. The molecule has 0 aliphatic carbocycles. The molecule has 0 fully saturated rings. The Kier molecular flexibility index (Phi) is 14.5. The largest absolute Gasteiger partial charge is 0.508 e. The number of hydrogen-bond donors (Lipinski definition) is 2. The molecule has 0 radical (unpaired) electrons. The zero-order valence-electron chi connectivity index (χ0n) is 21.6. The molecule has 2 rings (SSSR count). The van der Waals surface area contributed by atoms with Gasteiger partial charge in [-0.15, -0.1) is 0 Å². The molecule has 0 amide bonds. The van der Waals surface area contributed by atoms with E-state index < -0.39 is 17.4 Å². The van der Waals surface area contributed by atoms with E-state index in [1.54, 1.807) is 43.3 Å². The van der Waals surface area contributed by atoms with Crippen LogP contribution in [0.1, 0.15) is 84.5 Å². The molecule has 0 spiro atoms. The highest BCUT2D eigenvalue weighted by Gasteiger charge is 2.21. The van der Waals surface area contributed by atoms with E-state index >= 15 is 0 Å². The second-order valence-corrected chi connectivity index (χ2v) is 9.61. The lowest BCUT2D eigenvalue weighted by molar-refractivity contribution is -0.151. The van der Waals surface area contributed by atoms with Crippen molar-refractivity contribution in [3.8, 4) is 17.2 Å². The highest BCUT2D eigenvalue weighted by Crippen LogP contribution is 2.22. The van der Waals surface area contributed by atoms with Crippen LogP contribution in [0.5, 0.6) is 17.2 Å². The van der Waals surface area contributed by atoms with Gasteiger partial charge in [0, 0.05) is 5.69 Å². The third-order valence-electron chi connectivity index (χ3n) is 5.71. The van der Waals surface area contributed by atoms with Crippen molar-refractivity contribution < 1.29 is 27.8 Å². The summed E-state index contributed by atoms with van der Waals surface area (Å²) in [5, 5.41) is 9.32. The number of esters is 1. The smallest absolute Gasteiger partial charge is 0.347 e. The summed E-state index contributed by atoms with van der Waals surface area (Å²) in [5.74, 6) is 0.671. The van der Waals surface area contributed by atoms with E-state index in [2.05, 4.69) is 11.6 Å². The topological polar surface area (TPSA) is 94.1 Å². The number of aromatic hydroxyl groups is 1. The first-order valence-corrected chi connectivity index (χ1v) is 14.2. The minimum Gasteiger partial charge on any atom is -0.508 e. The molecular weight excluding hydrogens is 478 g/mol. The average molecular weight is 520 g/mol. The lowest BCUT2D eigenvalue weighted by atomic mass is 10.0. The summed E-state index contributed by atoms with van der Waals surface area (Å²) in [7, 11) is 0. The molecule has 7 nitrogen and oxygen atoms in total. The van der Waals surface area contributed by atoms with Crippen molar-refractivity contribution in [2.45, 2.75) is 90.6 Å². The molecule has 2 N–H and O–H groups in total. The van der Waals surface area contributed by atoms with Gasteiger partial charge in [-0.1, -0.05) is 64.7 Å². The van der Waals surface area contributed by atoms with Crippen LogP contribution in [0, 0.1) is 0 Å². The molecule has 2 atom stereocenters. The second-order valence-electron chi connectivity index (χ2n) is 8.77. The van der Waals surface area contributed by atoms with Crippen LogP contribution in [0.4, 0.5) is 5.69 Å². The van der Waals surface area contributed by atoms with Gasteiger partial charge >= 0.3 is 17.2 Å². The first-order valence-electron chi connectivity index (χ1n) is 13.1. The van der Waals surface area contributed by atoms with Gasteiger partial charge in [-0.25, -0.2) is 4.79 Å². The van der Waals surface area contributed by atoms with Gasteiger partial charge in [0.05, 0.1) is 6.61 Å². The highest BCUT2D eigenvalue weighted by atomic mass is 32.2. The number of carbonyl (C=O) groups excluding carboxylic acids is 1. The Bertz CT molecular complexity index is 888. The zero-order valence-corrected chi connectivity index (χ0v) is 22.4. The van der Waals surface area contributed by atoms with Crippen LogP contribution in [0.25, 0.3) is 0 Å². The van der Waals surface area contributed by atoms with Gasteiger partial charge < -0.3 is 18.8 Å². The van der Waals surface area contributed by atoms with Gasteiger partial charge in [-0.05, 0) is 68.3 Å². The van der Waals surface area contributed by atoms with Crippen LogP contribution in [0.3, 0.4) is 0 Å². The first kappa shape index (κ1) is 29.5. The fraction of sp³-hybridized carbons (Fsp3) is 0.536. The predicted octanol–water partition coefficient (Wildman–Crippen LogP) is 7.08. The zero-order chi connectivity index (χ0) is 26.0. The third kappa shape index (κ3) is 12.3. The van der Waals surface area contributed by atoms with E-state index in [-0.39, 0.29) is 11.7 Å². The number of phenols is 1. The number of anilines is 1. The van der Waals surface area contributed by atoms with E-state index in [4.69, 9.17) is 13.7 Å². The van der Waals surface area contributed by atoms with E-state index in [9.17, 15) is 14.1 Å². The Balaban J connectivity index is 1.75. The number of hydrogen-bond acceptors (Lipinski definition) is 6. The van der Waals surface area contributed by atoms with Gasteiger partial charge in [0.2, 0.25) is 0 Å². The van der Waals surface area contributed by atoms with E-state index in [1.807, 2.05) is 0 Å². The Morgan fingerprint density at radius 3 is 1.97 bits per heavy atom. The molecule has 200 valence electrons. The fourth-order valence-corrected chi connectivity index (χ4v) is 4.41. The average Bonchev–Trinajstić information content (AvgIpc) is 2.87. The summed E-state index contributed by atoms with van der Waals surface area (Å²) >= 11 is -1.81. The Hall–Kier alpha value is -2.74. The Labute approximate surface area is 218 Å². The van der Waals surface area contributed by atoms with Crippen LogP contribution in [-0.2, 0) is 20.8 Å². The number of rotatable bonds is 19. The molecule has 36 heavy (non-hydrogen) atoms. The molecule has 0 aliphatic rings. The lowest BCUT2D eigenvalue weighted by Gasteiger charge is -2.18. The number of ether oxygens (including phenoxy) is 2. The number of nitrogens with one attached hydrogen (secondary N) is 1. The quantitative estimate of drug-likeness (QED) is 0.117. The maximum Gasteiger partial charge on any atom is 0.347 e. The van der Waals surface area contributed by atoms with Gasteiger partial charge in [0.25, 0.3) is 0 Å². The van der Waals surface area contributed by atoms with Crippen molar-refractivity contribution in [3.05, 3.63) is 48.5 Å². The first-order chi connectivity index (χ1) is 17.5. The molecular formula is C28H41NO6S. The van der Waals surface area contributed by atoms with E-state index in [0.717, 1.165) is 12.8 Å². The molecule has 0 aromatic heterocycles. The maximum absolute atomic E-state index is 12.4. The number of phenolic OH excluding ortho intramolecular Hbond substituents is 1. The molecule has 2 aromatic rings. The monoisotopic (exact) mass is 519 g/mol. The Morgan fingerprint density at radius 1 is 0.833 bits per heavy atom. The summed E-state index contributed by atoms with van der Waals surface area (Å²) in [6.45, 7) is 4.33. The van der Waals surface area contributed by atoms with Crippen LogP contribution in [0.2, 0.25) is 0 Å². The number of benzene rings is 2. The molecule has 0 aliphatic heterocycles. The summed E-state index contributed by atoms with van der Waals surface area (Å²) in [6, 6.07) is 12.8. The SMILES string of the molecule is CCCCCCCCCCCCC(Oc1ccc(OS(=O)Nc2ccc(O)cc2)cc1)C(=O)OCC. The molecule has 0 bridgehead atoms. The van der Waals surface area contributed by atoms with Crippen LogP contribution >= 0.6 is 0 Å². The van der Waals surface area contributed by atoms with Crippen molar-refractivity contribution >= 4 is 22.9 Å². The molecule has 2 unspecified atom stereocenters. The number of unbranched alkanes of at least 4 members (excludes halogenated alkanes) is 9. The minimum atomic E-state index is -1.81. The van der Waals surface area contributed by atoms with Gasteiger partial charge in [0.15, 0.2) is 6.10 Å². The standard InChI is InChI=1S/C28H41NO6S/c1-3-5-6-7-8-9-10-11-12-13-14-27(28(31)33-4-2)34-25-19-21-26(22-20-25)35-36(32)29-23-15-17-24(30)18-16-23/h15-22,27,29-30H,3-14H2,1-2H3. The summed E-state index contributed by atoms with van der Waals surface area (Å²) in [6.07, 6.45) is 12.2. The summed E-state index contributed by atoms with van der Waals surface area (Å²) in [4.78, 5) is 12.4. The van der Waals surface area contributed by atoms with Crippen molar-refractivity contribution in [2.24, 2.45) is 0 Å². The van der Waals surface area contributed by atoms with Crippen molar-refractivity contribution in [2.75, 3.05) is 11.3 Å². The third-order valence-corrected chi connectivity index (χ3v) is 6.46. The fourth-order valence-electron chi connectivity index (χ4n) is 3.75. The van der Waals surface area contributed by atoms with Crippen molar-refractivity contribution in [3.63, 3.8) is 0 Å². The van der Waals surface area contributed by atoms with Gasteiger partial charge in [-0.2, -0.15) is 4.21 Å². The Morgan fingerprint density at radius 2 is 1.39 bits per heavy atom. The van der Waals surface area contributed by atoms with Crippen LogP contribution in [0.15, 0.2) is 48.5 Å². The normalized spacial score (nSPS) is 12.5. The van der Waals surface area contributed by atoms with Crippen molar-refractivity contribution in [1.29, 1.82) is 0 Å². The lowest BCUT2D eigenvalue weighted by Crippen LogP contribution is -2.29. The molecule has 0 saturated carbocycles.